The standard InChI is InChI=1S/C66H68O33/c67-24-42-50(76)54(80)59(85)66(96-42)95-41-23-36-37(71)21-35(91-63-58(84)55(81)51(77)43(97-63)25-88-46(72)16-7-28-1-10-32(68)11-2-28)22-38(36)92-62(41)31-19-39(93-64-60(86)56(82)52(78)44(98-64)26-89-47(73)17-8-29-3-12-33(69)13-4-29)49(75)40(20-31)94-65-61(87)57(83)53(79)45(99-65)27-90-48(74)18-9-30-5-14-34(70)15-6-30/h1-23,42-45,50-61,63-70,75-87H,24-27H2/p+1/t42-,43-,44-,45-,50-,51-,52-,53-,54+,55+,56+,57+,58-,59-,60-,61-,63-,64-,65-,66-/m1/s1. The fourth-order valence-corrected chi connectivity index (χ4v) is 10.4. The second-order valence-corrected chi connectivity index (χ2v) is 23.0. The number of phenols is 4. The number of carbonyl (C=O) groups excluding carboxylic acids is 3. The van der Waals surface area contributed by atoms with E-state index < -0.39 is 224 Å². The Bertz CT molecular complexity index is 3750. The Morgan fingerprint density at radius 2 is 0.788 bits per heavy atom. The molecular weight excluding hydrogens is 1320 g/mol. The summed E-state index contributed by atoms with van der Waals surface area (Å²) in [6.45, 7) is -3.27. The average Bonchev–Trinajstić information content (AvgIpc) is 0.759. The first kappa shape index (κ1) is 72.4. The number of benzene rings is 5. The van der Waals surface area contributed by atoms with Crippen LogP contribution in [-0.4, -0.2) is 259 Å². The lowest BCUT2D eigenvalue weighted by atomic mass is 9.99. The molecule has 18 N–H and O–H groups in total. The first-order valence-corrected chi connectivity index (χ1v) is 30.2. The van der Waals surface area contributed by atoms with E-state index in [4.69, 9.17) is 56.5 Å². The van der Waals surface area contributed by atoms with Crippen LogP contribution < -0.4 is 24.4 Å². The van der Waals surface area contributed by atoms with E-state index in [2.05, 4.69) is 0 Å². The number of esters is 3. The Balaban J connectivity index is 1.01. The van der Waals surface area contributed by atoms with Gasteiger partial charge >= 0.3 is 17.9 Å². The minimum atomic E-state index is -2.23. The molecule has 0 radical (unpaired) electrons. The van der Waals surface area contributed by atoms with Crippen molar-refractivity contribution in [3.63, 3.8) is 0 Å². The SMILES string of the molecule is O=C(C=Cc1ccc(O)cc1)OC[C@H]1O[C@@H](Oc2cc(-c3oc4cc(O[C@@H]5O[C@H](COC(=[OH+])C=Cc6ccc(O)cc6)[C@@H](O)[C@H](O)[C@H]5O)cc(=O)c-4cc3O[C@@H]3O[C@H](CO)[C@@H](O)[C@H](O)[C@H]3O)cc(O[C@@H]3O[C@H](COC(=O)C=Cc4ccc(O)cc4)[C@@H](O)[C@H](O)[C@H]3O)c2O)[C@H](O)[C@@H](O)[C@@H]1O. The van der Waals surface area contributed by atoms with Gasteiger partial charge in [0, 0.05) is 29.8 Å². The molecule has 20 atom stereocenters. The van der Waals surface area contributed by atoms with Gasteiger partial charge in [0.15, 0.2) is 34.5 Å². The van der Waals surface area contributed by atoms with Crippen LogP contribution >= 0.6 is 0 Å². The van der Waals surface area contributed by atoms with Crippen LogP contribution in [0.4, 0.5) is 0 Å². The van der Waals surface area contributed by atoms with Gasteiger partial charge in [-0.25, -0.2) is 9.59 Å². The van der Waals surface area contributed by atoms with Gasteiger partial charge < -0.3 is 148 Å². The predicted molar refractivity (Wildman–Crippen MR) is 331 cm³/mol. The topological polar surface area (TPSA) is 531 Å². The summed E-state index contributed by atoms with van der Waals surface area (Å²) in [4.78, 5) is 50.4. The summed E-state index contributed by atoms with van der Waals surface area (Å²) in [5.74, 6) is -7.90. The molecule has 4 aromatic rings. The lowest BCUT2D eigenvalue weighted by Crippen LogP contribution is -2.60. The number of aromatic hydroxyl groups is 4. The summed E-state index contributed by atoms with van der Waals surface area (Å²) in [7, 11) is 0. The lowest BCUT2D eigenvalue weighted by Gasteiger charge is -2.40. The zero-order valence-electron chi connectivity index (χ0n) is 51.3. The van der Waals surface area contributed by atoms with E-state index >= 15 is 0 Å². The highest BCUT2D eigenvalue weighted by Crippen LogP contribution is 2.47. The molecule has 1 aliphatic carbocycles. The van der Waals surface area contributed by atoms with Gasteiger partial charge in [-0.2, -0.15) is 0 Å². The lowest BCUT2D eigenvalue weighted by molar-refractivity contribution is -0.279. The van der Waals surface area contributed by atoms with Crippen molar-refractivity contribution in [1.82, 2.24) is 0 Å². The van der Waals surface area contributed by atoms with Crippen LogP contribution in [0.15, 0.2) is 131 Å². The number of hydrogen-bond donors (Lipinski definition) is 17. The largest absolute Gasteiger partial charge is 0.510 e. The number of rotatable bonds is 22. The smallest absolute Gasteiger partial charge is 0.508 e. The van der Waals surface area contributed by atoms with E-state index in [0.29, 0.717) is 16.7 Å². The number of ether oxygens (including phenoxy) is 11. The zero-order chi connectivity index (χ0) is 71.1. The van der Waals surface area contributed by atoms with E-state index in [-0.39, 0.29) is 17.2 Å². The Morgan fingerprint density at radius 1 is 0.424 bits per heavy atom. The van der Waals surface area contributed by atoms with E-state index in [0.717, 1.165) is 48.6 Å². The number of fused-ring (bicyclic) bond motifs is 1. The molecule has 0 amide bonds. The van der Waals surface area contributed by atoms with Crippen molar-refractivity contribution in [3.05, 3.63) is 148 Å². The van der Waals surface area contributed by atoms with Crippen molar-refractivity contribution in [2.75, 3.05) is 26.4 Å². The molecule has 4 aromatic carbocycles. The van der Waals surface area contributed by atoms with Crippen LogP contribution in [-0.2, 0) is 42.7 Å². The van der Waals surface area contributed by atoms with E-state index in [9.17, 15) is 106 Å². The molecule has 99 heavy (non-hydrogen) atoms. The van der Waals surface area contributed by atoms with Gasteiger partial charge in [-0.15, -0.1) is 0 Å². The Kier molecular flexibility index (Phi) is 23.2. The van der Waals surface area contributed by atoms with Crippen LogP contribution in [0.3, 0.4) is 0 Å². The van der Waals surface area contributed by atoms with Crippen LogP contribution in [0.2, 0.25) is 0 Å². The normalized spacial score (nSPS) is 30.3. The summed E-state index contributed by atoms with van der Waals surface area (Å²) >= 11 is 0. The third-order valence-electron chi connectivity index (χ3n) is 16.0. The molecule has 0 bridgehead atoms. The average molecular weight is 1390 g/mol. The molecule has 0 saturated carbocycles. The maximum atomic E-state index is 14.2. The minimum Gasteiger partial charge on any atom is -0.508 e. The fourth-order valence-electron chi connectivity index (χ4n) is 10.4. The third kappa shape index (κ3) is 17.2. The minimum absolute atomic E-state index is 0.0138. The van der Waals surface area contributed by atoms with Crippen LogP contribution in [0.5, 0.6) is 46.0 Å². The Labute approximate surface area is 558 Å². The molecule has 33 heteroatoms. The molecule has 0 unspecified atom stereocenters. The summed E-state index contributed by atoms with van der Waals surface area (Å²) < 4.78 is 69.2. The first-order valence-electron chi connectivity index (χ1n) is 30.2. The zero-order valence-corrected chi connectivity index (χ0v) is 51.3. The highest BCUT2D eigenvalue weighted by Gasteiger charge is 2.50. The van der Waals surface area contributed by atoms with Crippen LogP contribution in [0.1, 0.15) is 16.7 Å². The van der Waals surface area contributed by atoms with Gasteiger partial charge in [0.2, 0.25) is 37.5 Å². The number of aliphatic hydroxyl groups excluding tert-OH is 13. The van der Waals surface area contributed by atoms with Crippen LogP contribution in [0.25, 0.3) is 40.9 Å². The highest BCUT2D eigenvalue weighted by atomic mass is 16.7. The summed E-state index contributed by atoms with van der Waals surface area (Å²) in [5, 5.41) is 184. The Morgan fingerprint density at radius 3 is 1.20 bits per heavy atom. The highest BCUT2D eigenvalue weighted by molar-refractivity contribution is 5.88. The van der Waals surface area contributed by atoms with E-state index in [1.54, 1.807) is 0 Å². The number of aliphatic hydroxyl groups is 13. The monoisotopic (exact) mass is 1390 g/mol. The van der Waals surface area contributed by atoms with Crippen molar-refractivity contribution in [2.24, 2.45) is 0 Å². The number of phenolic OH excluding ortho intramolecular Hbond substituents is 4. The maximum absolute atomic E-state index is 14.2. The molecular formula is C66H69O33+. The van der Waals surface area contributed by atoms with Gasteiger partial charge in [0.1, 0.15) is 134 Å². The molecule has 5 heterocycles. The summed E-state index contributed by atoms with van der Waals surface area (Å²) in [6.07, 6.45) is -32.6. The molecule has 0 aromatic heterocycles. The molecule has 0 spiro atoms. The summed E-state index contributed by atoms with van der Waals surface area (Å²) in [6, 6.07) is 21.8. The molecule has 5 aliphatic heterocycles. The van der Waals surface area contributed by atoms with Gasteiger partial charge in [-0.1, -0.05) is 36.4 Å². The number of hydrogen-bond acceptors (Lipinski definition) is 32. The molecule has 530 valence electrons. The third-order valence-corrected chi connectivity index (χ3v) is 16.0. The van der Waals surface area contributed by atoms with Gasteiger partial charge in [-0.05, 0) is 89.5 Å². The van der Waals surface area contributed by atoms with Crippen molar-refractivity contribution in [3.8, 4) is 68.6 Å². The second-order valence-electron chi connectivity index (χ2n) is 23.0. The van der Waals surface area contributed by atoms with Crippen molar-refractivity contribution >= 4 is 36.1 Å². The van der Waals surface area contributed by atoms with Gasteiger partial charge in [0.05, 0.1) is 18.2 Å². The predicted octanol–water partition coefficient (Wildman–Crippen LogP) is -2.28. The van der Waals surface area contributed by atoms with Gasteiger partial charge in [0.25, 0.3) is 0 Å². The first-order chi connectivity index (χ1) is 47.2. The maximum Gasteiger partial charge on any atom is 0.510 e. The van der Waals surface area contributed by atoms with Crippen LogP contribution in [0, 0.1) is 0 Å². The second kappa shape index (κ2) is 31.7. The van der Waals surface area contributed by atoms with Crippen molar-refractivity contribution in [1.29, 1.82) is 0 Å². The quantitative estimate of drug-likeness (QED) is 0.0147. The molecule has 6 aliphatic rings. The Hall–Kier alpha value is -9.34. The molecule has 10 rings (SSSR count). The van der Waals surface area contributed by atoms with Gasteiger partial charge in [-0.3, -0.25) is 4.79 Å². The molecule has 4 saturated heterocycles. The van der Waals surface area contributed by atoms with Crippen molar-refractivity contribution < 1.29 is 158 Å². The fraction of sp³-hybridized carbons (Fsp3) is 0.364. The van der Waals surface area contributed by atoms with E-state index in [1.807, 2.05) is 0 Å². The van der Waals surface area contributed by atoms with E-state index in [1.165, 1.54) is 91.0 Å². The number of carbonyl (C=O) groups is 2. The molecule has 33 nitrogen and oxygen atoms in total. The molecule has 4 fully saturated rings. The summed E-state index contributed by atoms with van der Waals surface area (Å²) in [5.41, 5.74) is -0.375. The van der Waals surface area contributed by atoms with Crippen molar-refractivity contribution in [2.45, 2.75) is 123 Å².